The molecule has 1 aromatic carbocycles. The first-order valence-electron chi connectivity index (χ1n) is 7.36. The fourth-order valence-electron chi connectivity index (χ4n) is 2.42. The maximum absolute atomic E-state index is 13.3. The van der Waals surface area contributed by atoms with Crippen LogP contribution in [0.1, 0.15) is 55.1 Å². The molecule has 2 aromatic rings. The summed E-state index contributed by atoms with van der Waals surface area (Å²) < 4.78 is 26.6. The number of benzene rings is 1. The number of nitrogens with one attached hydrogen (secondary N) is 1. The highest BCUT2D eigenvalue weighted by Gasteiger charge is 2.15. The van der Waals surface area contributed by atoms with Crippen molar-refractivity contribution in [3.05, 3.63) is 52.2 Å². The van der Waals surface area contributed by atoms with Gasteiger partial charge in [0.05, 0.1) is 11.7 Å². The van der Waals surface area contributed by atoms with E-state index in [1.54, 1.807) is 0 Å². The lowest BCUT2D eigenvalue weighted by molar-refractivity contribution is 0.577. The fraction of sp³-hybridized carbons (Fsp3) is 0.412. The van der Waals surface area contributed by atoms with E-state index >= 15 is 0 Å². The molecule has 1 N–H and O–H groups in total. The zero-order chi connectivity index (χ0) is 16.4. The highest BCUT2D eigenvalue weighted by Crippen LogP contribution is 2.26. The largest absolute Gasteiger partial charge is 0.362 e. The van der Waals surface area contributed by atoms with E-state index in [9.17, 15) is 8.78 Å². The van der Waals surface area contributed by atoms with E-state index < -0.39 is 11.6 Å². The maximum Gasteiger partial charge on any atom is 0.152 e. The average Bonchev–Trinajstić information content (AvgIpc) is 2.42. The quantitative estimate of drug-likeness (QED) is 0.892. The SMILES string of the molecule is Cc1c(N[C@H](C)c2cc(F)cc(F)c2)nnc(C(C)C)c1C. The van der Waals surface area contributed by atoms with Crippen molar-refractivity contribution >= 4 is 5.82 Å². The van der Waals surface area contributed by atoms with Crippen LogP contribution >= 0.6 is 0 Å². The lowest BCUT2D eigenvalue weighted by Gasteiger charge is -2.19. The smallest absolute Gasteiger partial charge is 0.152 e. The van der Waals surface area contributed by atoms with Crippen molar-refractivity contribution in [2.75, 3.05) is 5.32 Å². The van der Waals surface area contributed by atoms with E-state index in [-0.39, 0.29) is 6.04 Å². The van der Waals surface area contributed by atoms with Crippen molar-refractivity contribution < 1.29 is 8.78 Å². The molecule has 0 spiro atoms. The molecule has 118 valence electrons. The van der Waals surface area contributed by atoms with Gasteiger partial charge in [-0.05, 0) is 55.5 Å². The van der Waals surface area contributed by atoms with Gasteiger partial charge in [0.15, 0.2) is 5.82 Å². The van der Waals surface area contributed by atoms with Crippen molar-refractivity contribution in [3.8, 4) is 0 Å². The summed E-state index contributed by atoms with van der Waals surface area (Å²) in [5, 5.41) is 11.7. The van der Waals surface area contributed by atoms with Crippen LogP contribution in [-0.4, -0.2) is 10.2 Å². The predicted molar refractivity (Wildman–Crippen MR) is 84.0 cm³/mol. The number of hydrogen-bond acceptors (Lipinski definition) is 3. The Morgan fingerprint density at radius 3 is 2.05 bits per heavy atom. The Bertz CT molecular complexity index is 664. The monoisotopic (exact) mass is 305 g/mol. The van der Waals surface area contributed by atoms with Crippen LogP contribution in [0, 0.1) is 25.5 Å². The molecular formula is C17H21F2N3. The van der Waals surface area contributed by atoms with Crippen LogP contribution in [0.2, 0.25) is 0 Å². The highest BCUT2D eigenvalue weighted by molar-refractivity contribution is 5.49. The molecule has 0 saturated heterocycles. The molecule has 1 aromatic heterocycles. The van der Waals surface area contributed by atoms with E-state index in [2.05, 4.69) is 29.4 Å². The first-order chi connectivity index (χ1) is 10.3. The molecule has 0 amide bonds. The maximum atomic E-state index is 13.3. The molecule has 0 saturated carbocycles. The van der Waals surface area contributed by atoms with Gasteiger partial charge in [-0.3, -0.25) is 0 Å². The van der Waals surface area contributed by atoms with Gasteiger partial charge in [-0.15, -0.1) is 5.10 Å². The average molecular weight is 305 g/mol. The molecular weight excluding hydrogens is 284 g/mol. The molecule has 0 unspecified atom stereocenters. The molecule has 0 aliphatic heterocycles. The minimum Gasteiger partial charge on any atom is -0.362 e. The summed E-state index contributed by atoms with van der Waals surface area (Å²) in [7, 11) is 0. The molecule has 5 heteroatoms. The fourth-order valence-corrected chi connectivity index (χ4v) is 2.42. The normalized spacial score (nSPS) is 12.5. The lowest BCUT2D eigenvalue weighted by Crippen LogP contribution is -2.13. The van der Waals surface area contributed by atoms with E-state index in [0.29, 0.717) is 17.3 Å². The highest BCUT2D eigenvalue weighted by atomic mass is 19.1. The van der Waals surface area contributed by atoms with Gasteiger partial charge < -0.3 is 5.32 Å². The van der Waals surface area contributed by atoms with Gasteiger partial charge in [-0.1, -0.05) is 13.8 Å². The molecule has 2 rings (SSSR count). The predicted octanol–water partition coefficient (Wildman–Crippen LogP) is 4.67. The van der Waals surface area contributed by atoms with E-state index in [0.717, 1.165) is 22.9 Å². The summed E-state index contributed by atoms with van der Waals surface area (Å²) in [6.07, 6.45) is 0. The number of aromatic nitrogens is 2. The van der Waals surface area contributed by atoms with Gasteiger partial charge >= 0.3 is 0 Å². The number of anilines is 1. The van der Waals surface area contributed by atoms with Crippen LogP contribution in [0.5, 0.6) is 0 Å². The molecule has 0 aliphatic carbocycles. The van der Waals surface area contributed by atoms with Gasteiger partial charge in [0, 0.05) is 6.07 Å². The summed E-state index contributed by atoms with van der Waals surface area (Å²) in [6, 6.07) is 3.23. The van der Waals surface area contributed by atoms with Crippen LogP contribution in [0.4, 0.5) is 14.6 Å². The zero-order valence-corrected chi connectivity index (χ0v) is 13.5. The third kappa shape index (κ3) is 3.40. The summed E-state index contributed by atoms with van der Waals surface area (Å²) in [5.74, 6) is -0.232. The van der Waals surface area contributed by atoms with Gasteiger partial charge in [0.2, 0.25) is 0 Å². The number of nitrogens with zero attached hydrogens (tertiary/aromatic N) is 2. The topological polar surface area (TPSA) is 37.8 Å². The van der Waals surface area contributed by atoms with E-state index in [1.165, 1.54) is 12.1 Å². The minimum absolute atomic E-state index is 0.275. The number of hydrogen-bond donors (Lipinski definition) is 1. The van der Waals surface area contributed by atoms with Crippen molar-refractivity contribution in [2.24, 2.45) is 0 Å². The molecule has 1 atom stereocenters. The lowest BCUT2D eigenvalue weighted by atomic mass is 10.0. The van der Waals surface area contributed by atoms with E-state index in [1.807, 2.05) is 20.8 Å². The van der Waals surface area contributed by atoms with Gasteiger partial charge in [0.25, 0.3) is 0 Å². The number of rotatable bonds is 4. The molecule has 0 fully saturated rings. The molecule has 3 nitrogen and oxygen atoms in total. The zero-order valence-electron chi connectivity index (χ0n) is 13.5. The summed E-state index contributed by atoms with van der Waals surface area (Å²) in [5.41, 5.74) is 3.59. The third-order valence-corrected chi connectivity index (χ3v) is 3.84. The Balaban J connectivity index is 2.28. The minimum atomic E-state index is -0.585. The molecule has 0 bridgehead atoms. The molecule has 0 aliphatic rings. The Hall–Kier alpha value is -2.04. The van der Waals surface area contributed by atoms with E-state index in [4.69, 9.17) is 0 Å². The van der Waals surface area contributed by atoms with Crippen molar-refractivity contribution in [3.63, 3.8) is 0 Å². The second kappa shape index (κ2) is 6.38. The van der Waals surface area contributed by atoms with Gasteiger partial charge in [0.1, 0.15) is 11.6 Å². The number of halogens is 2. The molecule has 22 heavy (non-hydrogen) atoms. The van der Waals surface area contributed by atoms with Crippen LogP contribution in [0.25, 0.3) is 0 Å². The first-order valence-corrected chi connectivity index (χ1v) is 7.36. The van der Waals surface area contributed by atoms with Crippen LogP contribution in [0.3, 0.4) is 0 Å². The Labute approximate surface area is 129 Å². The molecule has 0 radical (unpaired) electrons. The Morgan fingerprint density at radius 2 is 1.50 bits per heavy atom. The molecule has 1 heterocycles. The van der Waals surface area contributed by atoms with Crippen molar-refractivity contribution in [2.45, 2.75) is 46.6 Å². The van der Waals surface area contributed by atoms with Crippen molar-refractivity contribution in [1.29, 1.82) is 0 Å². The summed E-state index contributed by atoms with van der Waals surface area (Å²) in [4.78, 5) is 0. The first kappa shape index (κ1) is 16.3. The van der Waals surface area contributed by atoms with Crippen molar-refractivity contribution in [1.82, 2.24) is 10.2 Å². The Kier molecular flexibility index (Phi) is 4.74. The van der Waals surface area contributed by atoms with Gasteiger partial charge in [-0.2, -0.15) is 5.10 Å². The third-order valence-electron chi connectivity index (χ3n) is 3.84. The standard InChI is InChI=1S/C17H21F2N3/c1-9(2)16-10(3)11(4)17(22-21-16)20-12(5)13-6-14(18)8-15(19)7-13/h6-9,12H,1-5H3,(H,20,22)/t12-/m1/s1. The van der Waals surface area contributed by atoms with Crippen LogP contribution in [0.15, 0.2) is 18.2 Å². The second-order valence-electron chi connectivity index (χ2n) is 5.91. The second-order valence-corrected chi connectivity index (χ2v) is 5.91. The summed E-state index contributed by atoms with van der Waals surface area (Å²) in [6.45, 7) is 9.96. The van der Waals surface area contributed by atoms with Crippen LogP contribution < -0.4 is 5.32 Å². The summed E-state index contributed by atoms with van der Waals surface area (Å²) >= 11 is 0. The van der Waals surface area contributed by atoms with Gasteiger partial charge in [-0.25, -0.2) is 8.78 Å². The Morgan fingerprint density at radius 1 is 0.909 bits per heavy atom. The van der Waals surface area contributed by atoms with Crippen LogP contribution in [-0.2, 0) is 0 Å².